The van der Waals surface area contributed by atoms with E-state index in [1.54, 1.807) is 6.07 Å². The van der Waals surface area contributed by atoms with Crippen LogP contribution in [0.4, 0.5) is 15.9 Å². The predicted octanol–water partition coefficient (Wildman–Crippen LogP) is 1.74. The third-order valence-electron chi connectivity index (χ3n) is 4.10. The van der Waals surface area contributed by atoms with Crippen LogP contribution in [0.1, 0.15) is 12.8 Å². The van der Waals surface area contributed by atoms with Crippen LogP contribution in [0, 0.1) is 5.95 Å². The second-order valence-corrected chi connectivity index (χ2v) is 5.51. The Bertz CT molecular complexity index is 444. The van der Waals surface area contributed by atoms with Crippen molar-refractivity contribution < 1.29 is 4.39 Å². The SMILES string of the molecule is CN1C2CC[C@@H]1CN(c1cc(N)c(Cl)c(F)n1)C2. The van der Waals surface area contributed by atoms with E-state index >= 15 is 0 Å². The summed E-state index contributed by atoms with van der Waals surface area (Å²) in [7, 11) is 2.16. The number of anilines is 2. The van der Waals surface area contributed by atoms with Crippen LogP contribution < -0.4 is 10.6 Å². The maximum absolute atomic E-state index is 13.5. The highest BCUT2D eigenvalue weighted by atomic mass is 35.5. The molecule has 2 aliphatic heterocycles. The lowest BCUT2D eigenvalue weighted by Crippen LogP contribution is -2.52. The number of hydrogen-bond donors (Lipinski definition) is 1. The van der Waals surface area contributed by atoms with Crippen LogP contribution in [0.15, 0.2) is 6.07 Å². The number of pyridine rings is 1. The lowest BCUT2D eigenvalue weighted by molar-refractivity contribution is 0.211. The first-order valence-corrected chi connectivity index (χ1v) is 6.52. The topological polar surface area (TPSA) is 45.4 Å². The average molecular weight is 271 g/mol. The van der Waals surface area contributed by atoms with Crippen LogP contribution in [0.5, 0.6) is 0 Å². The van der Waals surface area contributed by atoms with Crippen molar-refractivity contribution >= 4 is 23.1 Å². The predicted molar refractivity (Wildman–Crippen MR) is 70.4 cm³/mol. The molecule has 3 rings (SSSR count). The Balaban J connectivity index is 1.88. The Morgan fingerprint density at radius 3 is 2.56 bits per heavy atom. The maximum Gasteiger partial charge on any atom is 0.235 e. The van der Waals surface area contributed by atoms with Crippen LogP contribution >= 0.6 is 11.6 Å². The van der Waals surface area contributed by atoms with Gasteiger partial charge in [-0.1, -0.05) is 11.6 Å². The molecule has 4 nitrogen and oxygen atoms in total. The van der Waals surface area contributed by atoms with Gasteiger partial charge in [0.1, 0.15) is 10.8 Å². The first-order valence-electron chi connectivity index (χ1n) is 6.14. The van der Waals surface area contributed by atoms with E-state index in [0.29, 0.717) is 17.9 Å². The van der Waals surface area contributed by atoms with Crippen LogP contribution in [-0.4, -0.2) is 42.1 Å². The molecule has 0 radical (unpaired) electrons. The second kappa shape index (κ2) is 4.24. The first-order chi connectivity index (χ1) is 8.56. The summed E-state index contributed by atoms with van der Waals surface area (Å²) in [5, 5.41) is -0.0872. The molecular weight excluding hydrogens is 255 g/mol. The van der Waals surface area contributed by atoms with Gasteiger partial charge in [-0.25, -0.2) is 4.98 Å². The van der Waals surface area contributed by atoms with E-state index in [-0.39, 0.29) is 10.7 Å². The molecule has 18 heavy (non-hydrogen) atoms. The van der Waals surface area contributed by atoms with Gasteiger partial charge < -0.3 is 10.6 Å². The molecule has 3 heterocycles. The van der Waals surface area contributed by atoms with Gasteiger partial charge in [0.15, 0.2) is 0 Å². The molecule has 2 bridgehead atoms. The summed E-state index contributed by atoms with van der Waals surface area (Å²) in [4.78, 5) is 8.43. The lowest BCUT2D eigenvalue weighted by atomic mass is 10.2. The number of nitrogens with zero attached hydrogens (tertiary/aromatic N) is 3. The van der Waals surface area contributed by atoms with Crippen LogP contribution in [0.3, 0.4) is 0 Å². The Kier molecular flexibility index (Phi) is 2.83. The average Bonchev–Trinajstić information content (AvgIpc) is 2.57. The summed E-state index contributed by atoms with van der Waals surface area (Å²) in [5.74, 6) is -0.0858. The molecule has 2 N–H and O–H groups in total. The van der Waals surface area contributed by atoms with Gasteiger partial charge in [-0.15, -0.1) is 0 Å². The standard InChI is InChI=1S/C12H16ClFN4/c1-17-7-2-3-8(17)6-18(5-7)10-4-9(15)11(13)12(14)16-10/h4,7-8H,2-3,5-6H2,1H3,(H2,15,16)/t7-,8?/m1/s1. The summed E-state index contributed by atoms with van der Waals surface area (Å²) in [5.41, 5.74) is 5.95. The lowest BCUT2D eigenvalue weighted by Gasteiger charge is -2.39. The molecule has 1 aromatic heterocycles. The minimum absolute atomic E-state index is 0.0872. The molecule has 6 heteroatoms. The Hall–Kier alpha value is -1.07. The van der Waals surface area contributed by atoms with Gasteiger partial charge in [-0.2, -0.15) is 4.39 Å². The molecule has 2 aliphatic rings. The number of aromatic nitrogens is 1. The van der Waals surface area contributed by atoms with Crippen molar-refractivity contribution in [3.8, 4) is 0 Å². The smallest absolute Gasteiger partial charge is 0.235 e. The molecule has 2 saturated heterocycles. The number of likely N-dealkylation sites (N-methyl/N-ethyl adjacent to an activating group) is 1. The van der Waals surface area contributed by atoms with Crippen molar-refractivity contribution in [2.45, 2.75) is 24.9 Å². The van der Waals surface area contributed by atoms with Gasteiger partial charge in [0.25, 0.3) is 0 Å². The second-order valence-electron chi connectivity index (χ2n) is 5.13. The van der Waals surface area contributed by atoms with Gasteiger partial charge in [-0.05, 0) is 19.9 Å². The molecular formula is C12H16ClFN4. The molecule has 1 unspecified atom stereocenters. The number of halogens is 2. The number of nitrogen functional groups attached to an aromatic ring is 1. The minimum Gasteiger partial charge on any atom is -0.397 e. The van der Waals surface area contributed by atoms with Gasteiger partial charge in [0, 0.05) is 31.2 Å². The van der Waals surface area contributed by atoms with Crippen molar-refractivity contribution in [3.05, 3.63) is 17.0 Å². The van der Waals surface area contributed by atoms with Crippen LogP contribution in [0.25, 0.3) is 0 Å². The van der Waals surface area contributed by atoms with E-state index in [9.17, 15) is 4.39 Å². The zero-order valence-corrected chi connectivity index (χ0v) is 11.0. The quantitative estimate of drug-likeness (QED) is 0.790. The van der Waals surface area contributed by atoms with E-state index in [1.807, 2.05) is 0 Å². The number of hydrogen-bond acceptors (Lipinski definition) is 4. The molecule has 0 aromatic carbocycles. The van der Waals surface area contributed by atoms with Crippen LogP contribution in [-0.2, 0) is 0 Å². The number of fused-ring (bicyclic) bond motifs is 2. The Morgan fingerprint density at radius 2 is 2.00 bits per heavy atom. The van der Waals surface area contributed by atoms with Crippen LogP contribution in [0.2, 0.25) is 5.02 Å². The normalized spacial score (nSPS) is 27.8. The van der Waals surface area contributed by atoms with Gasteiger partial charge >= 0.3 is 0 Å². The minimum atomic E-state index is -0.682. The largest absolute Gasteiger partial charge is 0.397 e. The third-order valence-corrected chi connectivity index (χ3v) is 4.48. The molecule has 0 aliphatic carbocycles. The van der Waals surface area contributed by atoms with Gasteiger partial charge in [-0.3, -0.25) is 4.90 Å². The summed E-state index contributed by atoms with van der Waals surface area (Å²) >= 11 is 5.69. The molecule has 2 atom stereocenters. The zero-order chi connectivity index (χ0) is 12.9. The highest BCUT2D eigenvalue weighted by molar-refractivity contribution is 6.33. The number of rotatable bonds is 1. The van der Waals surface area contributed by atoms with E-state index in [1.165, 1.54) is 12.8 Å². The van der Waals surface area contributed by atoms with Crippen molar-refractivity contribution in [1.29, 1.82) is 0 Å². The van der Waals surface area contributed by atoms with Crippen molar-refractivity contribution in [1.82, 2.24) is 9.88 Å². The third kappa shape index (κ3) is 1.82. The fourth-order valence-corrected chi connectivity index (χ4v) is 3.06. The van der Waals surface area contributed by atoms with Crippen molar-refractivity contribution in [2.24, 2.45) is 0 Å². The molecule has 1 aromatic rings. The fraction of sp³-hybridized carbons (Fsp3) is 0.583. The van der Waals surface area contributed by atoms with Gasteiger partial charge in [0.05, 0.1) is 5.69 Å². The van der Waals surface area contributed by atoms with Gasteiger partial charge in [0.2, 0.25) is 5.95 Å². The molecule has 98 valence electrons. The Morgan fingerprint density at radius 1 is 1.39 bits per heavy atom. The highest BCUT2D eigenvalue weighted by Crippen LogP contribution is 2.32. The van der Waals surface area contributed by atoms with E-state index in [2.05, 4.69) is 21.8 Å². The highest BCUT2D eigenvalue weighted by Gasteiger charge is 2.38. The van der Waals surface area contributed by atoms with E-state index < -0.39 is 5.95 Å². The summed E-state index contributed by atoms with van der Waals surface area (Å²) in [6.07, 6.45) is 2.40. The molecule has 0 saturated carbocycles. The van der Waals surface area contributed by atoms with E-state index in [4.69, 9.17) is 17.3 Å². The number of nitrogens with two attached hydrogens (primary N) is 1. The fourth-order valence-electron chi connectivity index (χ4n) is 2.97. The van der Waals surface area contributed by atoms with E-state index in [0.717, 1.165) is 13.1 Å². The van der Waals surface area contributed by atoms with Crippen molar-refractivity contribution in [2.75, 3.05) is 30.8 Å². The van der Waals surface area contributed by atoms with Crippen molar-refractivity contribution in [3.63, 3.8) is 0 Å². The monoisotopic (exact) mass is 270 g/mol. The zero-order valence-electron chi connectivity index (χ0n) is 10.2. The molecule has 0 spiro atoms. The summed E-state index contributed by atoms with van der Waals surface area (Å²) < 4.78 is 13.5. The number of piperazine rings is 1. The molecule has 2 fully saturated rings. The maximum atomic E-state index is 13.5. The summed E-state index contributed by atoms with van der Waals surface area (Å²) in [6, 6.07) is 2.73. The molecule has 0 amide bonds. The Labute approximate surface area is 111 Å². The summed E-state index contributed by atoms with van der Waals surface area (Å²) in [6.45, 7) is 1.75. The first kappa shape index (κ1) is 12.0.